The van der Waals surface area contributed by atoms with Gasteiger partial charge in [0.2, 0.25) is 5.95 Å². The maximum Gasteiger partial charge on any atom is 0.229 e. The van der Waals surface area contributed by atoms with Crippen molar-refractivity contribution in [2.24, 2.45) is 0 Å². The van der Waals surface area contributed by atoms with E-state index in [-0.39, 0.29) is 0 Å². The summed E-state index contributed by atoms with van der Waals surface area (Å²) in [5.41, 5.74) is 4.68. The number of anilines is 4. The van der Waals surface area contributed by atoms with Crippen LogP contribution < -0.4 is 10.2 Å². The SMILES string of the molecule is CCN(c1ccccc1)c1nc(Nc2ccccc2)nc2c1CCCC2. The van der Waals surface area contributed by atoms with Gasteiger partial charge >= 0.3 is 0 Å². The molecule has 0 unspecified atom stereocenters. The van der Waals surface area contributed by atoms with E-state index in [4.69, 9.17) is 9.97 Å². The fourth-order valence-corrected chi connectivity index (χ4v) is 3.57. The Morgan fingerprint density at radius 1 is 0.885 bits per heavy atom. The van der Waals surface area contributed by atoms with Crippen molar-refractivity contribution >= 4 is 23.1 Å². The van der Waals surface area contributed by atoms with Gasteiger partial charge in [-0.05, 0) is 56.9 Å². The van der Waals surface area contributed by atoms with Crippen molar-refractivity contribution in [3.63, 3.8) is 0 Å². The summed E-state index contributed by atoms with van der Waals surface area (Å²) < 4.78 is 0. The van der Waals surface area contributed by atoms with Crippen LogP contribution >= 0.6 is 0 Å². The smallest absolute Gasteiger partial charge is 0.229 e. The molecule has 1 heterocycles. The molecule has 0 radical (unpaired) electrons. The molecule has 0 fully saturated rings. The number of nitrogens with zero attached hydrogens (tertiary/aromatic N) is 3. The van der Waals surface area contributed by atoms with Gasteiger partial charge in [-0.25, -0.2) is 4.98 Å². The average Bonchev–Trinajstić information content (AvgIpc) is 2.70. The lowest BCUT2D eigenvalue weighted by atomic mass is 9.96. The normalized spacial score (nSPS) is 13.1. The fourth-order valence-electron chi connectivity index (χ4n) is 3.57. The van der Waals surface area contributed by atoms with Gasteiger partial charge in [-0.15, -0.1) is 0 Å². The molecule has 2 aromatic carbocycles. The van der Waals surface area contributed by atoms with Crippen LogP contribution in [0.15, 0.2) is 60.7 Å². The molecule has 1 aliphatic carbocycles. The highest BCUT2D eigenvalue weighted by molar-refractivity contribution is 5.66. The quantitative estimate of drug-likeness (QED) is 0.686. The van der Waals surface area contributed by atoms with Crippen LogP contribution in [0.25, 0.3) is 0 Å². The lowest BCUT2D eigenvalue weighted by Crippen LogP contribution is -2.22. The molecule has 1 N–H and O–H groups in total. The van der Waals surface area contributed by atoms with E-state index >= 15 is 0 Å². The summed E-state index contributed by atoms with van der Waals surface area (Å²) in [5, 5.41) is 3.38. The number of aromatic nitrogens is 2. The van der Waals surface area contributed by atoms with Crippen LogP contribution in [0.5, 0.6) is 0 Å². The van der Waals surface area contributed by atoms with E-state index < -0.39 is 0 Å². The summed E-state index contributed by atoms with van der Waals surface area (Å²) in [6.07, 6.45) is 4.49. The number of fused-ring (bicyclic) bond motifs is 1. The molecular formula is C22H24N4. The molecule has 0 saturated heterocycles. The van der Waals surface area contributed by atoms with Crippen molar-refractivity contribution < 1.29 is 0 Å². The molecule has 4 heteroatoms. The molecule has 132 valence electrons. The lowest BCUT2D eigenvalue weighted by molar-refractivity contribution is 0.662. The highest BCUT2D eigenvalue weighted by atomic mass is 15.2. The summed E-state index contributed by atoms with van der Waals surface area (Å²) in [6, 6.07) is 20.6. The van der Waals surface area contributed by atoms with Crippen molar-refractivity contribution in [1.82, 2.24) is 9.97 Å². The molecule has 0 spiro atoms. The maximum atomic E-state index is 4.93. The van der Waals surface area contributed by atoms with Crippen LogP contribution in [0, 0.1) is 0 Å². The van der Waals surface area contributed by atoms with Crippen molar-refractivity contribution in [3.05, 3.63) is 71.9 Å². The minimum absolute atomic E-state index is 0.682. The molecule has 0 amide bonds. The van der Waals surface area contributed by atoms with Crippen LogP contribution in [0.3, 0.4) is 0 Å². The molecule has 26 heavy (non-hydrogen) atoms. The van der Waals surface area contributed by atoms with Crippen LogP contribution in [-0.4, -0.2) is 16.5 Å². The Balaban J connectivity index is 1.78. The number of hydrogen-bond donors (Lipinski definition) is 1. The highest BCUT2D eigenvalue weighted by Crippen LogP contribution is 2.33. The molecule has 0 saturated carbocycles. The van der Waals surface area contributed by atoms with Crippen LogP contribution in [0.4, 0.5) is 23.1 Å². The summed E-state index contributed by atoms with van der Waals surface area (Å²) in [4.78, 5) is 12.1. The molecule has 1 aromatic heterocycles. The Labute approximate surface area is 154 Å². The maximum absolute atomic E-state index is 4.93. The second-order valence-electron chi connectivity index (χ2n) is 6.57. The zero-order valence-electron chi connectivity index (χ0n) is 15.2. The third kappa shape index (κ3) is 3.40. The predicted octanol–water partition coefficient (Wildman–Crippen LogP) is 5.26. The first-order valence-electron chi connectivity index (χ1n) is 9.39. The molecule has 4 rings (SSSR count). The Morgan fingerprint density at radius 2 is 1.58 bits per heavy atom. The van der Waals surface area contributed by atoms with E-state index in [9.17, 15) is 0 Å². The zero-order valence-corrected chi connectivity index (χ0v) is 15.2. The molecular weight excluding hydrogens is 320 g/mol. The van der Waals surface area contributed by atoms with E-state index in [0.717, 1.165) is 30.9 Å². The number of nitrogens with one attached hydrogen (secondary N) is 1. The lowest BCUT2D eigenvalue weighted by Gasteiger charge is -2.28. The molecule has 3 aromatic rings. The Hall–Kier alpha value is -2.88. The Kier molecular flexibility index (Phi) is 4.82. The Morgan fingerprint density at radius 3 is 2.31 bits per heavy atom. The predicted molar refractivity (Wildman–Crippen MR) is 108 cm³/mol. The number of benzene rings is 2. The molecule has 0 aliphatic heterocycles. The summed E-state index contributed by atoms with van der Waals surface area (Å²) >= 11 is 0. The van der Waals surface area contributed by atoms with Crippen molar-refractivity contribution in [1.29, 1.82) is 0 Å². The molecule has 0 bridgehead atoms. The summed E-state index contributed by atoms with van der Waals surface area (Å²) in [6.45, 7) is 3.05. The second-order valence-corrected chi connectivity index (χ2v) is 6.57. The van der Waals surface area contributed by atoms with Gasteiger partial charge in [0, 0.05) is 23.5 Å². The van der Waals surface area contributed by atoms with E-state index in [1.54, 1.807) is 0 Å². The number of aryl methyl sites for hydroxylation is 1. The van der Waals surface area contributed by atoms with E-state index in [0.29, 0.717) is 5.95 Å². The van der Waals surface area contributed by atoms with Gasteiger partial charge < -0.3 is 10.2 Å². The topological polar surface area (TPSA) is 41.1 Å². The number of hydrogen-bond acceptors (Lipinski definition) is 4. The largest absolute Gasteiger partial charge is 0.326 e. The summed E-state index contributed by atoms with van der Waals surface area (Å²) in [5.74, 6) is 1.73. The highest BCUT2D eigenvalue weighted by Gasteiger charge is 2.22. The van der Waals surface area contributed by atoms with Gasteiger partial charge in [-0.1, -0.05) is 36.4 Å². The standard InChI is InChI=1S/C22H24N4/c1-2-26(18-13-7-4-8-14-18)21-19-15-9-10-16-20(19)24-22(25-21)23-17-11-5-3-6-12-17/h3-8,11-14H,2,9-10,15-16H2,1H3,(H,23,24,25). The third-order valence-electron chi connectivity index (χ3n) is 4.83. The fraction of sp³-hybridized carbons (Fsp3) is 0.273. The van der Waals surface area contributed by atoms with E-state index in [2.05, 4.69) is 47.5 Å². The van der Waals surface area contributed by atoms with E-state index in [1.165, 1.54) is 29.8 Å². The minimum Gasteiger partial charge on any atom is -0.326 e. The number of para-hydroxylation sites is 2. The zero-order chi connectivity index (χ0) is 17.8. The average molecular weight is 344 g/mol. The van der Waals surface area contributed by atoms with Gasteiger partial charge in [0.25, 0.3) is 0 Å². The third-order valence-corrected chi connectivity index (χ3v) is 4.83. The van der Waals surface area contributed by atoms with Gasteiger partial charge in [-0.3, -0.25) is 0 Å². The summed E-state index contributed by atoms with van der Waals surface area (Å²) in [7, 11) is 0. The van der Waals surface area contributed by atoms with Gasteiger partial charge in [0.15, 0.2) is 0 Å². The number of rotatable bonds is 5. The second kappa shape index (κ2) is 7.56. The van der Waals surface area contributed by atoms with Gasteiger partial charge in [0.1, 0.15) is 5.82 Å². The van der Waals surface area contributed by atoms with Crippen molar-refractivity contribution in [2.75, 3.05) is 16.8 Å². The van der Waals surface area contributed by atoms with E-state index in [1.807, 2.05) is 30.3 Å². The van der Waals surface area contributed by atoms with Gasteiger partial charge in [-0.2, -0.15) is 4.98 Å². The van der Waals surface area contributed by atoms with Crippen molar-refractivity contribution in [2.45, 2.75) is 32.6 Å². The molecule has 4 nitrogen and oxygen atoms in total. The first-order valence-corrected chi connectivity index (χ1v) is 9.39. The van der Waals surface area contributed by atoms with Crippen LogP contribution in [0.2, 0.25) is 0 Å². The molecule has 1 aliphatic rings. The van der Waals surface area contributed by atoms with Crippen LogP contribution in [0.1, 0.15) is 31.0 Å². The Bertz CT molecular complexity index is 862. The van der Waals surface area contributed by atoms with Crippen LogP contribution in [-0.2, 0) is 12.8 Å². The monoisotopic (exact) mass is 344 g/mol. The molecule has 0 atom stereocenters. The first-order chi connectivity index (χ1) is 12.8. The minimum atomic E-state index is 0.682. The first kappa shape index (κ1) is 16.6. The van der Waals surface area contributed by atoms with Crippen molar-refractivity contribution in [3.8, 4) is 0 Å². The van der Waals surface area contributed by atoms with Gasteiger partial charge in [0.05, 0.1) is 5.69 Å².